The number of nitrogens with zero attached hydrogens (tertiary/aromatic N) is 6. The molecule has 0 unspecified atom stereocenters. The van der Waals surface area contributed by atoms with Gasteiger partial charge < -0.3 is 4.85 Å². The highest BCUT2D eigenvalue weighted by molar-refractivity contribution is 5.79. The van der Waals surface area contributed by atoms with Crippen molar-refractivity contribution in [3.63, 3.8) is 0 Å². The Labute approximate surface area is 138 Å². The second-order valence-electron chi connectivity index (χ2n) is 5.60. The predicted molar refractivity (Wildman–Crippen MR) is 91.6 cm³/mol. The van der Waals surface area contributed by atoms with E-state index in [-0.39, 0.29) is 0 Å². The minimum Gasteiger partial charge on any atom is -0.362 e. The third-order valence-electron chi connectivity index (χ3n) is 3.87. The average Bonchev–Trinajstić information content (AvgIpc) is 3.17. The van der Waals surface area contributed by atoms with Crippen molar-refractivity contribution in [2.45, 2.75) is 6.92 Å². The Morgan fingerprint density at radius 1 is 1.12 bits per heavy atom. The smallest absolute Gasteiger partial charge is 0.254 e. The Balaban J connectivity index is 1.93. The van der Waals surface area contributed by atoms with Gasteiger partial charge in [0.2, 0.25) is 5.65 Å². The van der Waals surface area contributed by atoms with Crippen LogP contribution in [-0.2, 0) is 7.05 Å². The maximum Gasteiger partial charge on any atom is 0.254 e. The Hall–Kier alpha value is -3.46. The van der Waals surface area contributed by atoms with E-state index in [4.69, 9.17) is 6.57 Å². The number of imidazole rings is 1. The van der Waals surface area contributed by atoms with Crippen LogP contribution in [0.2, 0.25) is 0 Å². The first-order chi connectivity index (χ1) is 11.7. The number of hydrogen-bond acceptors (Lipinski definition) is 3. The molecule has 0 fully saturated rings. The summed E-state index contributed by atoms with van der Waals surface area (Å²) in [6.45, 7) is 9.22. The highest BCUT2D eigenvalue weighted by Crippen LogP contribution is 2.31. The van der Waals surface area contributed by atoms with Crippen molar-refractivity contribution >= 4 is 11.5 Å². The van der Waals surface area contributed by atoms with E-state index in [1.54, 1.807) is 15.3 Å². The predicted octanol–water partition coefficient (Wildman–Crippen LogP) is 3.66. The van der Waals surface area contributed by atoms with Crippen molar-refractivity contribution in [1.29, 1.82) is 0 Å². The fourth-order valence-electron chi connectivity index (χ4n) is 2.77. The lowest BCUT2D eigenvalue weighted by Crippen LogP contribution is -1.91. The zero-order valence-electron chi connectivity index (χ0n) is 13.3. The van der Waals surface area contributed by atoms with Crippen molar-refractivity contribution in [2.75, 3.05) is 0 Å². The van der Waals surface area contributed by atoms with Gasteiger partial charge >= 0.3 is 0 Å². The van der Waals surface area contributed by atoms with Gasteiger partial charge in [-0.2, -0.15) is 5.10 Å². The minimum atomic E-state index is 0.492. The minimum absolute atomic E-state index is 0.492. The van der Waals surface area contributed by atoms with Crippen LogP contribution in [0.5, 0.6) is 0 Å². The fraction of sp³-hybridized carbons (Fsp3) is 0.111. The van der Waals surface area contributed by atoms with E-state index in [0.29, 0.717) is 5.82 Å². The molecule has 6 heteroatoms. The molecular formula is C18H14N6. The summed E-state index contributed by atoms with van der Waals surface area (Å²) in [7, 11) is 1.89. The van der Waals surface area contributed by atoms with E-state index in [1.807, 2.05) is 56.7 Å². The molecule has 4 aromatic rings. The molecular weight excluding hydrogens is 300 g/mol. The Morgan fingerprint density at radius 2 is 2.00 bits per heavy atom. The molecule has 0 amide bonds. The summed E-state index contributed by atoms with van der Waals surface area (Å²) in [6, 6.07) is 9.80. The molecule has 4 heterocycles. The summed E-state index contributed by atoms with van der Waals surface area (Å²) in [5.41, 5.74) is 5.30. The summed E-state index contributed by atoms with van der Waals surface area (Å²) in [6.07, 6.45) is 5.47. The third kappa shape index (κ3) is 2.23. The van der Waals surface area contributed by atoms with Crippen LogP contribution in [0.15, 0.2) is 48.9 Å². The highest BCUT2D eigenvalue weighted by atomic mass is 15.3. The summed E-state index contributed by atoms with van der Waals surface area (Å²) in [5, 5.41) is 4.58. The number of rotatable bonds is 2. The molecule has 116 valence electrons. The SMILES string of the molecule is [C-]#[N+]c1cnc2ccc(-c3cn(C)nc3-c3cccc(C)n3)cn12. The molecule has 0 atom stereocenters. The standard InChI is InChI=1S/C18H14N6/c1-12-5-4-6-15(21-12)18-14(11-23(3)22-18)13-7-8-16-20-9-17(19-2)24(16)10-13/h4-11H,1,3H3. The maximum absolute atomic E-state index is 7.26. The van der Waals surface area contributed by atoms with E-state index in [2.05, 4.69) is 19.9 Å². The largest absolute Gasteiger partial charge is 0.362 e. The zero-order valence-corrected chi connectivity index (χ0v) is 13.3. The van der Waals surface area contributed by atoms with Crippen LogP contribution in [0.3, 0.4) is 0 Å². The molecule has 0 aliphatic carbocycles. The van der Waals surface area contributed by atoms with Crippen molar-refractivity contribution < 1.29 is 0 Å². The lowest BCUT2D eigenvalue weighted by molar-refractivity contribution is 0.770. The van der Waals surface area contributed by atoms with Gasteiger partial charge in [-0.1, -0.05) is 12.6 Å². The number of pyridine rings is 2. The lowest BCUT2D eigenvalue weighted by atomic mass is 10.1. The van der Waals surface area contributed by atoms with Crippen LogP contribution in [0, 0.1) is 13.5 Å². The summed E-state index contributed by atoms with van der Waals surface area (Å²) >= 11 is 0. The third-order valence-corrected chi connectivity index (χ3v) is 3.87. The van der Waals surface area contributed by atoms with E-state index in [9.17, 15) is 0 Å². The van der Waals surface area contributed by atoms with Gasteiger partial charge in [0.15, 0.2) is 0 Å². The van der Waals surface area contributed by atoms with Gasteiger partial charge in [-0.25, -0.2) is 9.38 Å². The van der Waals surface area contributed by atoms with E-state index >= 15 is 0 Å². The first kappa shape index (κ1) is 14.2. The van der Waals surface area contributed by atoms with Crippen molar-refractivity contribution in [3.8, 4) is 22.5 Å². The second-order valence-corrected chi connectivity index (χ2v) is 5.60. The van der Waals surface area contributed by atoms with Crippen LogP contribution in [0.25, 0.3) is 33.0 Å². The van der Waals surface area contributed by atoms with Gasteiger partial charge in [0.25, 0.3) is 5.82 Å². The Bertz CT molecular complexity index is 1100. The normalized spacial score (nSPS) is 10.9. The van der Waals surface area contributed by atoms with Crippen LogP contribution in [0.4, 0.5) is 5.82 Å². The van der Waals surface area contributed by atoms with E-state index in [0.717, 1.165) is 33.9 Å². The summed E-state index contributed by atoms with van der Waals surface area (Å²) in [5.74, 6) is 0.492. The molecule has 0 aromatic carbocycles. The molecule has 0 aliphatic rings. The zero-order chi connectivity index (χ0) is 16.7. The highest BCUT2D eigenvalue weighted by Gasteiger charge is 2.15. The molecule has 0 bridgehead atoms. The molecule has 0 radical (unpaired) electrons. The number of fused-ring (bicyclic) bond motifs is 1. The Morgan fingerprint density at radius 3 is 2.79 bits per heavy atom. The van der Waals surface area contributed by atoms with Crippen molar-refractivity contribution in [3.05, 3.63) is 66.0 Å². The first-order valence-electron chi connectivity index (χ1n) is 7.48. The van der Waals surface area contributed by atoms with Gasteiger partial charge in [-0.15, -0.1) is 0 Å². The molecule has 6 nitrogen and oxygen atoms in total. The number of hydrogen-bond donors (Lipinski definition) is 0. The first-order valence-corrected chi connectivity index (χ1v) is 7.48. The van der Waals surface area contributed by atoms with Gasteiger partial charge in [-0.3, -0.25) is 9.67 Å². The summed E-state index contributed by atoms with van der Waals surface area (Å²) < 4.78 is 3.57. The quantitative estimate of drug-likeness (QED) is 0.531. The Kier molecular flexibility index (Phi) is 3.14. The molecule has 0 saturated heterocycles. The van der Waals surface area contributed by atoms with Crippen molar-refractivity contribution in [1.82, 2.24) is 24.1 Å². The molecule has 0 N–H and O–H groups in total. The van der Waals surface area contributed by atoms with Crippen LogP contribution < -0.4 is 0 Å². The number of aryl methyl sites for hydroxylation is 2. The molecule has 24 heavy (non-hydrogen) atoms. The molecule has 4 rings (SSSR count). The number of aromatic nitrogens is 5. The van der Waals surface area contributed by atoms with Gasteiger partial charge in [0.1, 0.15) is 5.69 Å². The topological polar surface area (TPSA) is 52.4 Å². The van der Waals surface area contributed by atoms with Crippen LogP contribution >= 0.6 is 0 Å². The van der Waals surface area contributed by atoms with Gasteiger partial charge in [-0.05, 0) is 25.1 Å². The fourth-order valence-corrected chi connectivity index (χ4v) is 2.77. The lowest BCUT2D eigenvalue weighted by Gasteiger charge is -2.03. The summed E-state index contributed by atoms with van der Waals surface area (Å²) in [4.78, 5) is 12.3. The van der Waals surface area contributed by atoms with E-state index < -0.39 is 0 Å². The van der Waals surface area contributed by atoms with Gasteiger partial charge in [0.05, 0.1) is 18.1 Å². The molecule has 0 aliphatic heterocycles. The second kappa shape index (κ2) is 5.32. The van der Waals surface area contributed by atoms with Gasteiger partial charge in [0, 0.05) is 36.1 Å². The van der Waals surface area contributed by atoms with Crippen LogP contribution in [-0.4, -0.2) is 24.1 Å². The molecule has 0 saturated carbocycles. The maximum atomic E-state index is 7.26. The average molecular weight is 314 g/mol. The van der Waals surface area contributed by atoms with Crippen LogP contribution in [0.1, 0.15) is 5.69 Å². The molecule has 0 spiro atoms. The molecule has 4 aromatic heterocycles. The van der Waals surface area contributed by atoms with E-state index in [1.165, 1.54) is 0 Å². The van der Waals surface area contributed by atoms with Crippen molar-refractivity contribution in [2.24, 2.45) is 7.05 Å². The monoisotopic (exact) mass is 314 g/mol.